The van der Waals surface area contributed by atoms with E-state index in [0.717, 1.165) is 0 Å². The molecule has 1 saturated heterocycles. The van der Waals surface area contributed by atoms with E-state index in [9.17, 15) is 0 Å². The van der Waals surface area contributed by atoms with Crippen molar-refractivity contribution in [3.63, 3.8) is 0 Å². The maximum Gasteiger partial charge on any atom is 0.197 e. The summed E-state index contributed by atoms with van der Waals surface area (Å²) in [7, 11) is 0. The Morgan fingerprint density at radius 2 is 2.44 bits per heavy atom. The van der Waals surface area contributed by atoms with E-state index in [4.69, 9.17) is 17.3 Å². The molecule has 0 amide bonds. The summed E-state index contributed by atoms with van der Waals surface area (Å²) in [6.45, 7) is 0.581. The van der Waals surface area contributed by atoms with Gasteiger partial charge in [0.15, 0.2) is 5.11 Å². The van der Waals surface area contributed by atoms with Gasteiger partial charge in [-0.15, -0.1) is 10.7 Å². The highest BCUT2D eigenvalue weighted by Crippen LogP contribution is 1.79. The Balaban J connectivity index is 2.22. The van der Waals surface area contributed by atoms with E-state index in [0.29, 0.717) is 11.7 Å². The Hall–Kier alpha value is -0.430. The topological polar surface area (TPSA) is 59.6 Å². The lowest BCUT2D eigenvalue weighted by atomic mass is 10.7. The number of thiocarbonyl (C=S) groups is 1. The van der Waals surface area contributed by atoms with Gasteiger partial charge >= 0.3 is 0 Å². The van der Waals surface area contributed by atoms with Gasteiger partial charge in [0, 0.05) is 0 Å². The van der Waals surface area contributed by atoms with E-state index in [1.165, 1.54) is 0 Å². The molecule has 0 radical (unpaired) electrons. The average Bonchev–Trinajstić information content (AvgIpc) is 2.17. The lowest BCUT2D eigenvalue weighted by molar-refractivity contribution is 0.133. The van der Waals surface area contributed by atoms with Crippen LogP contribution in [-0.2, 0) is 0 Å². The highest BCUT2D eigenvalue weighted by Gasteiger charge is 2.11. The smallest absolute Gasteiger partial charge is 0.197 e. The Morgan fingerprint density at radius 1 is 1.67 bits per heavy atom. The minimum absolute atomic E-state index is 0.0876. The molecule has 9 heavy (non-hydrogen) atoms. The first kappa shape index (κ1) is 6.69. The first-order valence-corrected chi connectivity index (χ1v) is 2.94. The first-order valence-electron chi connectivity index (χ1n) is 2.53. The summed E-state index contributed by atoms with van der Waals surface area (Å²) >= 11 is 4.70. The number of aliphatic hydroxyl groups excluding tert-OH is 1. The summed E-state index contributed by atoms with van der Waals surface area (Å²) in [4.78, 5) is 0. The highest BCUT2D eigenvalue weighted by molar-refractivity contribution is 7.80. The molecule has 0 aliphatic carbocycles. The van der Waals surface area contributed by atoms with E-state index >= 15 is 0 Å². The van der Waals surface area contributed by atoms with Crippen LogP contribution in [0.15, 0.2) is 0 Å². The molecule has 0 bridgehead atoms. The minimum Gasteiger partial charge on any atom is -0.395 e. The first-order chi connectivity index (χ1) is 4.33. The van der Waals surface area contributed by atoms with Crippen LogP contribution in [0.5, 0.6) is 0 Å². The van der Waals surface area contributed by atoms with Crippen molar-refractivity contribution in [2.45, 2.75) is 0 Å². The molecule has 52 valence electrons. The molecular formula is C3H8N4OS. The van der Waals surface area contributed by atoms with Crippen LogP contribution in [0.3, 0.4) is 0 Å². The summed E-state index contributed by atoms with van der Waals surface area (Å²) in [6.07, 6.45) is 0. The molecule has 1 fully saturated rings. The fourth-order valence-corrected chi connectivity index (χ4v) is 0.664. The largest absolute Gasteiger partial charge is 0.395 e. The van der Waals surface area contributed by atoms with Gasteiger partial charge in [0.05, 0.1) is 13.2 Å². The van der Waals surface area contributed by atoms with Crippen LogP contribution in [0.1, 0.15) is 0 Å². The zero-order chi connectivity index (χ0) is 6.69. The molecule has 0 unspecified atom stereocenters. The predicted octanol–water partition coefficient (Wildman–Crippen LogP) is -1.91. The molecule has 6 heteroatoms. The number of nitrogens with one attached hydrogen (secondary N) is 3. The second-order valence-corrected chi connectivity index (χ2v) is 1.96. The van der Waals surface area contributed by atoms with Crippen molar-refractivity contribution in [1.29, 1.82) is 0 Å². The lowest BCUT2D eigenvalue weighted by Crippen LogP contribution is -2.41. The molecule has 0 aromatic rings. The molecule has 0 atom stereocenters. The molecule has 1 aliphatic heterocycles. The van der Waals surface area contributed by atoms with E-state index < -0.39 is 0 Å². The molecule has 1 heterocycles. The van der Waals surface area contributed by atoms with Crippen molar-refractivity contribution < 1.29 is 5.11 Å². The second kappa shape index (κ2) is 2.92. The number of hydrazine groups is 3. The highest BCUT2D eigenvalue weighted by atomic mass is 32.1. The minimum atomic E-state index is 0.0876. The SMILES string of the molecule is OCCN1NNC(=S)N1. The quantitative estimate of drug-likeness (QED) is 0.343. The van der Waals surface area contributed by atoms with Gasteiger partial charge in [-0.2, -0.15) is 0 Å². The zero-order valence-corrected chi connectivity index (χ0v) is 5.53. The van der Waals surface area contributed by atoms with Crippen molar-refractivity contribution in [3.8, 4) is 0 Å². The molecule has 0 aromatic carbocycles. The third-order valence-electron chi connectivity index (χ3n) is 0.865. The number of rotatable bonds is 2. The van der Waals surface area contributed by atoms with Crippen LogP contribution in [0, 0.1) is 0 Å². The van der Waals surface area contributed by atoms with E-state index in [1.54, 1.807) is 5.12 Å². The van der Waals surface area contributed by atoms with Crippen LogP contribution >= 0.6 is 12.2 Å². The summed E-state index contributed by atoms with van der Waals surface area (Å²) in [5, 5.41) is 10.5. The Bertz CT molecular complexity index is 118. The van der Waals surface area contributed by atoms with Gasteiger partial charge in [-0.1, -0.05) is 0 Å². The Labute approximate surface area is 57.9 Å². The van der Waals surface area contributed by atoms with E-state index in [1.807, 2.05) is 0 Å². The second-order valence-electron chi connectivity index (χ2n) is 1.55. The normalized spacial score (nSPS) is 19.4. The number of nitrogens with zero attached hydrogens (tertiary/aromatic N) is 1. The monoisotopic (exact) mass is 148 g/mol. The van der Waals surface area contributed by atoms with Crippen molar-refractivity contribution in [2.24, 2.45) is 0 Å². The van der Waals surface area contributed by atoms with Gasteiger partial charge in [-0.3, -0.25) is 10.9 Å². The van der Waals surface area contributed by atoms with Crippen molar-refractivity contribution in [3.05, 3.63) is 0 Å². The molecule has 1 aliphatic rings. The summed E-state index contributed by atoms with van der Waals surface area (Å²) in [5.74, 6) is 0. The molecular weight excluding hydrogens is 140 g/mol. The molecule has 5 nitrogen and oxygen atoms in total. The van der Waals surface area contributed by atoms with Gasteiger partial charge in [0.1, 0.15) is 0 Å². The maximum absolute atomic E-state index is 8.42. The van der Waals surface area contributed by atoms with Crippen molar-refractivity contribution >= 4 is 17.3 Å². The molecule has 0 aromatic heterocycles. The predicted molar refractivity (Wildman–Crippen MR) is 35.8 cm³/mol. The average molecular weight is 148 g/mol. The van der Waals surface area contributed by atoms with Crippen LogP contribution in [0.4, 0.5) is 0 Å². The number of hydrogen-bond acceptors (Lipinski definition) is 4. The fraction of sp³-hybridized carbons (Fsp3) is 0.667. The van der Waals surface area contributed by atoms with Gasteiger partial charge in [0.25, 0.3) is 0 Å². The van der Waals surface area contributed by atoms with Gasteiger partial charge in [0.2, 0.25) is 0 Å². The van der Waals surface area contributed by atoms with Gasteiger partial charge in [-0.25, -0.2) is 0 Å². The zero-order valence-electron chi connectivity index (χ0n) is 4.72. The van der Waals surface area contributed by atoms with Crippen LogP contribution in [0.25, 0.3) is 0 Å². The number of β-amino-alcohol motifs (C(OH)–C–C–N with tert-alkyl or cyclic N) is 1. The summed E-state index contributed by atoms with van der Waals surface area (Å²) in [5.41, 5.74) is 8.06. The molecule has 4 N–H and O–H groups in total. The van der Waals surface area contributed by atoms with Gasteiger partial charge in [-0.05, 0) is 12.2 Å². The third kappa shape index (κ3) is 1.75. The van der Waals surface area contributed by atoms with Crippen LogP contribution < -0.4 is 16.4 Å². The van der Waals surface area contributed by atoms with Gasteiger partial charge < -0.3 is 5.11 Å². The fourth-order valence-electron chi connectivity index (χ4n) is 0.509. The molecule has 1 rings (SSSR count). The number of hydrogen-bond donors (Lipinski definition) is 4. The summed E-state index contributed by atoms with van der Waals surface area (Å²) < 4.78 is 0. The standard InChI is InChI=1S/C3H8N4OS/c8-2-1-7-5-3(9)4-6-7/h6,8H,1-2H2,(H2,4,5,9). The third-order valence-corrected chi connectivity index (χ3v) is 1.06. The molecule has 0 saturated carbocycles. The van der Waals surface area contributed by atoms with Crippen LogP contribution in [-0.4, -0.2) is 28.5 Å². The van der Waals surface area contributed by atoms with Crippen molar-refractivity contribution in [2.75, 3.05) is 13.2 Å². The Kier molecular flexibility index (Phi) is 2.17. The van der Waals surface area contributed by atoms with E-state index in [2.05, 4.69) is 16.4 Å². The Morgan fingerprint density at radius 3 is 2.89 bits per heavy atom. The summed E-state index contributed by atoms with van der Waals surface area (Å²) in [6, 6.07) is 0. The maximum atomic E-state index is 8.42. The van der Waals surface area contributed by atoms with Crippen LogP contribution in [0.2, 0.25) is 0 Å². The van der Waals surface area contributed by atoms with Crippen molar-refractivity contribution in [1.82, 2.24) is 21.5 Å². The van der Waals surface area contributed by atoms with E-state index in [-0.39, 0.29) is 6.61 Å². The molecule has 0 spiro atoms. The lowest BCUT2D eigenvalue weighted by Gasteiger charge is -2.09. The number of aliphatic hydroxyl groups is 1.